The molecule has 0 spiro atoms. The van der Waals surface area contributed by atoms with Crippen LogP contribution in [-0.4, -0.2) is 35.6 Å². The van der Waals surface area contributed by atoms with Crippen molar-refractivity contribution in [1.82, 2.24) is 9.78 Å². The molecule has 4 rings (SSSR count). The number of halogens is 3. The zero-order valence-electron chi connectivity index (χ0n) is 15.5. The molecule has 29 heavy (non-hydrogen) atoms. The lowest BCUT2D eigenvalue weighted by molar-refractivity contribution is -0.136. The molecule has 1 amide bonds. The fourth-order valence-corrected chi connectivity index (χ4v) is 5.79. The van der Waals surface area contributed by atoms with E-state index in [1.165, 1.54) is 18.2 Å². The molecule has 10 heteroatoms. The van der Waals surface area contributed by atoms with Gasteiger partial charge in [0.1, 0.15) is 0 Å². The van der Waals surface area contributed by atoms with Gasteiger partial charge in [-0.05, 0) is 44.2 Å². The number of para-hydroxylation sites is 1. The van der Waals surface area contributed by atoms with Crippen molar-refractivity contribution >= 4 is 21.4 Å². The molecule has 1 atom stereocenters. The molecule has 156 valence electrons. The number of anilines is 1. The number of carbonyl (C=O) groups excluding carboxylic acids is 1. The number of hydrogen-bond donors (Lipinski definition) is 1. The second kappa shape index (κ2) is 7.16. The summed E-state index contributed by atoms with van der Waals surface area (Å²) in [4.78, 5) is 12.8. The van der Waals surface area contributed by atoms with E-state index in [1.807, 2.05) is 0 Å². The third kappa shape index (κ3) is 3.90. The summed E-state index contributed by atoms with van der Waals surface area (Å²) in [6.45, 7) is 0. The molecule has 2 aliphatic rings. The fourth-order valence-electron chi connectivity index (χ4n) is 4.10. The Kier molecular flexibility index (Phi) is 4.92. The summed E-state index contributed by atoms with van der Waals surface area (Å²) in [5.41, 5.74) is 0.368. The van der Waals surface area contributed by atoms with Gasteiger partial charge in [0.2, 0.25) is 0 Å². The summed E-state index contributed by atoms with van der Waals surface area (Å²) in [5, 5.41) is 6.74. The Labute approximate surface area is 166 Å². The molecule has 1 aromatic heterocycles. The lowest BCUT2D eigenvalue weighted by atomic mass is 9.95. The molecular weight excluding hydrogens is 407 g/mol. The smallest absolute Gasteiger partial charge is 0.320 e. The van der Waals surface area contributed by atoms with E-state index in [1.54, 1.807) is 4.68 Å². The maximum atomic E-state index is 13.2. The molecule has 6 nitrogen and oxygen atoms in total. The standard InChI is InChI=1S/C19H20F3N3O3S/c20-19(21,22)14-6-2-3-7-15(14)23-18(26)17-13-5-1-4-8-16(13)25(24-17)12-9-10-29(27,28)11-12/h2-3,6-7,12H,1,4-5,8-11H2,(H,23,26)/t12-/m0/s1. The highest BCUT2D eigenvalue weighted by Gasteiger charge is 2.36. The third-order valence-electron chi connectivity index (χ3n) is 5.46. The third-order valence-corrected chi connectivity index (χ3v) is 7.21. The minimum atomic E-state index is -4.60. The second-order valence-electron chi connectivity index (χ2n) is 7.48. The number of nitrogens with one attached hydrogen (secondary N) is 1. The molecule has 1 aliphatic heterocycles. The van der Waals surface area contributed by atoms with E-state index in [4.69, 9.17) is 0 Å². The largest absolute Gasteiger partial charge is 0.418 e. The summed E-state index contributed by atoms with van der Waals surface area (Å²) in [7, 11) is -3.14. The summed E-state index contributed by atoms with van der Waals surface area (Å²) in [6, 6.07) is 4.45. The topological polar surface area (TPSA) is 81.1 Å². The Bertz CT molecular complexity index is 1060. The number of nitrogens with zero attached hydrogens (tertiary/aromatic N) is 2. The van der Waals surface area contributed by atoms with Crippen molar-refractivity contribution in [3.05, 3.63) is 46.8 Å². The van der Waals surface area contributed by atoms with Gasteiger partial charge >= 0.3 is 6.18 Å². The summed E-state index contributed by atoms with van der Waals surface area (Å²) in [6.07, 6.45) is -1.16. The van der Waals surface area contributed by atoms with Gasteiger partial charge in [-0.1, -0.05) is 12.1 Å². The highest BCUT2D eigenvalue weighted by molar-refractivity contribution is 7.91. The zero-order chi connectivity index (χ0) is 20.8. The van der Waals surface area contributed by atoms with Gasteiger partial charge in [-0.3, -0.25) is 9.48 Å². The molecule has 1 saturated heterocycles. The van der Waals surface area contributed by atoms with Crippen molar-refractivity contribution in [3.63, 3.8) is 0 Å². The van der Waals surface area contributed by atoms with Crippen LogP contribution in [0.4, 0.5) is 18.9 Å². The number of benzene rings is 1. The second-order valence-corrected chi connectivity index (χ2v) is 9.71. The Hall–Kier alpha value is -2.36. The SMILES string of the molecule is O=C(Nc1ccccc1C(F)(F)F)c1nn([C@H]2CCS(=O)(=O)C2)c2c1CCCC2. The maximum absolute atomic E-state index is 13.2. The highest BCUT2D eigenvalue weighted by atomic mass is 32.2. The van der Waals surface area contributed by atoms with Crippen LogP contribution >= 0.6 is 0 Å². The first-order chi connectivity index (χ1) is 13.7. The zero-order valence-corrected chi connectivity index (χ0v) is 16.3. The van der Waals surface area contributed by atoms with Crippen molar-refractivity contribution in [1.29, 1.82) is 0 Å². The van der Waals surface area contributed by atoms with Gasteiger partial charge in [-0.2, -0.15) is 18.3 Å². The van der Waals surface area contributed by atoms with Crippen LogP contribution in [0.2, 0.25) is 0 Å². The molecule has 0 radical (unpaired) electrons. The quantitative estimate of drug-likeness (QED) is 0.814. The van der Waals surface area contributed by atoms with E-state index < -0.39 is 27.5 Å². The van der Waals surface area contributed by atoms with Crippen molar-refractivity contribution in [2.24, 2.45) is 0 Å². The van der Waals surface area contributed by atoms with Crippen molar-refractivity contribution in [2.45, 2.75) is 44.3 Å². The van der Waals surface area contributed by atoms with Crippen LogP contribution in [-0.2, 0) is 28.9 Å². The number of rotatable bonds is 3. The monoisotopic (exact) mass is 427 g/mol. The predicted molar refractivity (Wildman–Crippen MR) is 101 cm³/mol. The predicted octanol–water partition coefficient (Wildman–Crippen LogP) is 3.39. The molecule has 0 unspecified atom stereocenters. The average Bonchev–Trinajstić information content (AvgIpc) is 3.21. The summed E-state index contributed by atoms with van der Waals surface area (Å²) >= 11 is 0. The van der Waals surface area contributed by atoms with Crippen LogP contribution in [0.15, 0.2) is 24.3 Å². The highest BCUT2D eigenvalue weighted by Crippen LogP contribution is 2.35. The van der Waals surface area contributed by atoms with Gasteiger partial charge in [-0.15, -0.1) is 0 Å². The summed E-state index contributed by atoms with van der Waals surface area (Å²) < 4.78 is 65.0. The minimum absolute atomic E-state index is 0.0287. The van der Waals surface area contributed by atoms with Crippen LogP contribution in [0.25, 0.3) is 0 Å². The number of fused-ring (bicyclic) bond motifs is 1. The van der Waals surface area contributed by atoms with Gasteiger partial charge in [0, 0.05) is 11.3 Å². The van der Waals surface area contributed by atoms with Gasteiger partial charge in [0.15, 0.2) is 15.5 Å². The van der Waals surface area contributed by atoms with Gasteiger partial charge in [-0.25, -0.2) is 8.42 Å². The molecule has 1 aromatic carbocycles. The van der Waals surface area contributed by atoms with Crippen molar-refractivity contribution in [2.75, 3.05) is 16.8 Å². The average molecular weight is 427 g/mol. The summed E-state index contributed by atoms with van der Waals surface area (Å²) in [5.74, 6) is -0.661. The molecule has 1 aliphatic carbocycles. The first-order valence-electron chi connectivity index (χ1n) is 9.44. The van der Waals surface area contributed by atoms with Crippen LogP contribution in [0, 0.1) is 0 Å². The maximum Gasteiger partial charge on any atom is 0.418 e. The van der Waals surface area contributed by atoms with Gasteiger partial charge in [0.05, 0.1) is 28.8 Å². The minimum Gasteiger partial charge on any atom is -0.320 e. The van der Waals surface area contributed by atoms with Crippen molar-refractivity contribution in [3.8, 4) is 0 Å². The first-order valence-corrected chi connectivity index (χ1v) is 11.3. The van der Waals surface area contributed by atoms with Crippen LogP contribution in [0.1, 0.15) is 52.6 Å². The van der Waals surface area contributed by atoms with Crippen molar-refractivity contribution < 1.29 is 26.4 Å². The number of hydrogen-bond acceptors (Lipinski definition) is 4. The molecule has 1 fully saturated rings. The first kappa shape index (κ1) is 19.9. The Morgan fingerprint density at radius 2 is 1.90 bits per heavy atom. The van der Waals surface area contributed by atoms with E-state index in [0.717, 1.165) is 24.6 Å². The van der Waals surface area contributed by atoms with E-state index >= 15 is 0 Å². The van der Waals surface area contributed by atoms with E-state index in [9.17, 15) is 26.4 Å². The number of amides is 1. The van der Waals surface area contributed by atoms with Crippen LogP contribution < -0.4 is 5.32 Å². The lowest BCUT2D eigenvalue weighted by Gasteiger charge is -2.17. The Balaban J connectivity index is 1.68. The number of sulfone groups is 1. The molecule has 2 aromatic rings. The molecule has 0 bridgehead atoms. The Morgan fingerprint density at radius 3 is 2.59 bits per heavy atom. The molecule has 1 N–H and O–H groups in total. The lowest BCUT2D eigenvalue weighted by Crippen LogP contribution is -2.19. The molecule has 2 heterocycles. The number of carbonyl (C=O) groups is 1. The van der Waals surface area contributed by atoms with E-state index in [0.29, 0.717) is 24.8 Å². The van der Waals surface area contributed by atoms with E-state index in [-0.39, 0.29) is 28.9 Å². The van der Waals surface area contributed by atoms with E-state index in [2.05, 4.69) is 10.4 Å². The fraction of sp³-hybridized carbons (Fsp3) is 0.474. The van der Waals surface area contributed by atoms with Gasteiger partial charge in [0.25, 0.3) is 5.91 Å². The Morgan fingerprint density at radius 1 is 1.17 bits per heavy atom. The molecular formula is C19H20F3N3O3S. The molecule has 0 saturated carbocycles. The van der Waals surface area contributed by atoms with Gasteiger partial charge < -0.3 is 5.32 Å². The number of alkyl halides is 3. The normalized spacial score (nSPS) is 21.0. The van der Waals surface area contributed by atoms with Crippen LogP contribution in [0.5, 0.6) is 0 Å². The number of aromatic nitrogens is 2. The van der Waals surface area contributed by atoms with Crippen LogP contribution in [0.3, 0.4) is 0 Å².